The van der Waals surface area contributed by atoms with Crippen LogP contribution in [0.15, 0.2) is 17.5 Å². The third-order valence-electron chi connectivity index (χ3n) is 3.18. The summed E-state index contributed by atoms with van der Waals surface area (Å²) in [6, 6.07) is 3.83. The van der Waals surface area contributed by atoms with Gasteiger partial charge in [-0.05, 0) is 29.0 Å². The zero-order valence-electron chi connectivity index (χ0n) is 11.9. The average molecular weight is 309 g/mol. The number of aromatic nitrogens is 4. The highest BCUT2D eigenvalue weighted by Crippen LogP contribution is 2.19. The number of carbonyl (C=O) groups excluding carboxylic acids is 1. The van der Waals surface area contributed by atoms with Crippen LogP contribution in [0.3, 0.4) is 0 Å². The standard InChI is InChI=1S/C13H19N5O2S/c1-2-10(5-6-19)8-14-12(20)9-18-16-13(15-17-18)11-4-3-7-21-11/h3-4,7,10,19H,2,5-6,8-9H2,1H3,(H,14,20). The van der Waals surface area contributed by atoms with Crippen LogP contribution in [0, 0.1) is 5.92 Å². The lowest BCUT2D eigenvalue weighted by molar-refractivity contribution is -0.122. The highest BCUT2D eigenvalue weighted by atomic mass is 32.1. The van der Waals surface area contributed by atoms with Crippen LogP contribution in [-0.2, 0) is 11.3 Å². The first kappa shape index (κ1) is 15.6. The lowest BCUT2D eigenvalue weighted by Crippen LogP contribution is -2.32. The summed E-state index contributed by atoms with van der Waals surface area (Å²) in [4.78, 5) is 14.0. The van der Waals surface area contributed by atoms with Crippen LogP contribution >= 0.6 is 11.3 Å². The van der Waals surface area contributed by atoms with Gasteiger partial charge in [-0.25, -0.2) is 0 Å². The molecule has 0 fully saturated rings. The molecular weight excluding hydrogens is 290 g/mol. The molecule has 0 radical (unpaired) electrons. The van der Waals surface area contributed by atoms with E-state index in [-0.39, 0.29) is 19.1 Å². The molecule has 2 N–H and O–H groups in total. The number of nitrogens with zero attached hydrogens (tertiary/aromatic N) is 4. The SMILES string of the molecule is CCC(CCO)CNC(=O)Cn1nnc(-c2cccs2)n1. The Morgan fingerprint density at radius 2 is 2.43 bits per heavy atom. The van der Waals surface area contributed by atoms with Crippen molar-refractivity contribution in [2.45, 2.75) is 26.3 Å². The molecule has 0 aromatic carbocycles. The topological polar surface area (TPSA) is 92.9 Å². The van der Waals surface area contributed by atoms with Gasteiger partial charge in [-0.1, -0.05) is 19.4 Å². The van der Waals surface area contributed by atoms with Gasteiger partial charge in [-0.3, -0.25) is 4.79 Å². The van der Waals surface area contributed by atoms with Crippen LogP contribution in [0.5, 0.6) is 0 Å². The summed E-state index contributed by atoms with van der Waals surface area (Å²) in [7, 11) is 0. The first-order valence-corrected chi connectivity index (χ1v) is 7.80. The summed E-state index contributed by atoms with van der Waals surface area (Å²) >= 11 is 1.53. The number of hydrogen-bond donors (Lipinski definition) is 2. The number of hydrogen-bond acceptors (Lipinski definition) is 6. The van der Waals surface area contributed by atoms with Crippen molar-refractivity contribution in [3.8, 4) is 10.7 Å². The molecule has 0 saturated carbocycles. The van der Waals surface area contributed by atoms with E-state index >= 15 is 0 Å². The number of tetrazole rings is 1. The number of aliphatic hydroxyl groups excluding tert-OH is 1. The average Bonchev–Trinajstić information content (AvgIpc) is 3.14. The van der Waals surface area contributed by atoms with Crippen LogP contribution in [0.1, 0.15) is 19.8 Å². The molecule has 21 heavy (non-hydrogen) atoms. The smallest absolute Gasteiger partial charge is 0.243 e. The number of thiophene rings is 1. The third kappa shape index (κ3) is 4.61. The van der Waals surface area contributed by atoms with Crippen LogP contribution in [0.25, 0.3) is 10.7 Å². The van der Waals surface area contributed by atoms with Gasteiger partial charge in [-0.2, -0.15) is 4.80 Å². The summed E-state index contributed by atoms with van der Waals surface area (Å²) < 4.78 is 0. The highest BCUT2D eigenvalue weighted by molar-refractivity contribution is 7.13. The predicted molar refractivity (Wildman–Crippen MR) is 79.6 cm³/mol. The molecule has 2 rings (SSSR count). The van der Waals surface area contributed by atoms with Crippen LogP contribution in [0.4, 0.5) is 0 Å². The maximum Gasteiger partial charge on any atom is 0.243 e. The third-order valence-corrected chi connectivity index (χ3v) is 4.05. The molecule has 0 bridgehead atoms. The van der Waals surface area contributed by atoms with E-state index in [2.05, 4.69) is 20.7 Å². The Morgan fingerprint density at radius 3 is 3.10 bits per heavy atom. The lowest BCUT2D eigenvalue weighted by atomic mass is 10.0. The fraction of sp³-hybridized carbons (Fsp3) is 0.538. The van der Waals surface area contributed by atoms with Gasteiger partial charge in [-0.15, -0.1) is 21.5 Å². The quantitative estimate of drug-likeness (QED) is 0.756. The summed E-state index contributed by atoms with van der Waals surface area (Å²) in [5, 5.41) is 25.7. The number of rotatable bonds is 8. The second-order valence-corrected chi connectivity index (χ2v) is 5.66. The molecule has 0 aliphatic rings. The zero-order valence-corrected chi connectivity index (χ0v) is 12.7. The predicted octanol–water partition coefficient (Wildman–Crippen LogP) is 0.926. The van der Waals surface area contributed by atoms with E-state index in [0.29, 0.717) is 24.7 Å². The minimum Gasteiger partial charge on any atom is -0.396 e. The Hall–Kier alpha value is -1.80. The van der Waals surface area contributed by atoms with E-state index in [1.165, 1.54) is 16.1 Å². The van der Waals surface area contributed by atoms with Gasteiger partial charge in [0.2, 0.25) is 11.7 Å². The van der Waals surface area contributed by atoms with Crippen molar-refractivity contribution in [2.24, 2.45) is 5.92 Å². The maximum atomic E-state index is 11.8. The van der Waals surface area contributed by atoms with Crippen molar-refractivity contribution in [2.75, 3.05) is 13.2 Å². The molecule has 1 amide bonds. The Morgan fingerprint density at radius 1 is 1.57 bits per heavy atom. The van der Waals surface area contributed by atoms with Crippen LogP contribution in [-0.4, -0.2) is 44.4 Å². The molecule has 1 unspecified atom stereocenters. The van der Waals surface area contributed by atoms with Gasteiger partial charge in [0, 0.05) is 13.2 Å². The lowest BCUT2D eigenvalue weighted by Gasteiger charge is -2.13. The molecule has 2 heterocycles. The van der Waals surface area contributed by atoms with Crippen molar-refractivity contribution in [1.29, 1.82) is 0 Å². The first-order chi connectivity index (χ1) is 10.2. The molecule has 0 spiro atoms. The van der Waals surface area contributed by atoms with Crippen molar-refractivity contribution < 1.29 is 9.90 Å². The van der Waals surface area contributed by atoms with Gasteiger partial charge in [0.15, 0.2) is 0 Å². The van der Waals surface area contributed by atoms with Crippen LogP contribution < -0.4 is 5.32 Å². The van der Waals surface area contributed by atoms with Crippen molar-refractivity contribution >= 4 is 17.2 Å². The Labute approximate surface area is 127 Å². The molecule has 114 valence electrons. The van der Waals surface area contributed by atoms with Gasteiger partial charge < -0.3 is 10.4 Å². The Bertz CT molecular complexity index is 555. The second-order valence-electron chi connectivity index (χ2n) is 4.71. The number of aliphatic hydroxyl groups is 1. The zero-order chi connectivity index (χ0) is 15.1. The monoisotopic (exact) mass is 309 g/mol. The van der Waals surface area contributed by atoms with E-state index in [0.717, 1.165) is 11.3 Å². The van der Waals surface area contributed by atoms with Crippen LogP contribution in [0.2, 0.25) is 0 Å². The minimum absolute atomic E-state index is 0.0495. The van der Waals surface area contributed by atoms with Gasteiger partial charge in [0.05, 0.1) is 4.88 Å². The fourth-order valence-electron chi connectivity index (χ4n) is 1.89. The largest absolute Gasteiger partial charge is 0.396 e. The van der Waals surface area contributed by atoms with Crippen molar-refractivity contribution in [1.82, 2.24) is 25.5 Å². The number of nitrogens with one attached hydrogen (secondary N) is 1. The van der Waals surface area contributed by atoms with Gasteiger partial charge >= 0.3 is 0 Å². The summed E-state index contributed by atoms with van der Waals surface area (Å²) in [5.74, 6) is 0.676. The molecule has 0 saturated heterocycles. The highest BCUT2D eigenvalue weighted by Gasteiger charge is 2.11. The maximum absolute atomic E-state index is 11.8. The van der Waals surface area contributed by atoms with Crippen molar-refractivity contribution in [3.05, 3.63) is 17.5 Å². The molecule has 1 atom stereocenters. The molecule has 0 aliphatic heterocycles. The molecule has 0 aliphatic carbocycles. The van der Waals surface area contributed by atoms with Crippen molar-refractivity contribution in [3.63, 3.8) is 0 Å². The second kappa shape index (κ2) is 7.84. The van der Waals surface area contributed by atoms with Gasteiger partial charge in [0.1, 0.15) is 6.54 Å². The summed E-state index contributed by atoms with van der Waals surface area (Å²) in [5.41, 5.74) is 0. The van der Waals surface area contributed by atoms with E-state index < -0.39 is 0 Å². The molecule has 2 aromatic heterocycles. The summed E-state index contributed by atoms with van der Waals surface area (Å²) in [6.07, 6.45) is 1.62. The number of carbonyl (C=O) groups is 1. The minimum atomic E-state index is -0.151. The Balaban J connectivity index is 1.83. The first-order valence-electron chi connectivity index (χ1n) is 6.92. The summed E-state index contributed by atoms with van der Waals surface area (Å²) in [6.45, 7) is 2.79. The molecule has 2 aromatic rings. The normalized spacial score (nSPS) is 12.3. The Kier molecular flexibility index (Phi) is 5.82. The fourth-order valence-corrected chi connectivity index (χ4v) is 2.54. The van der Waals surface area contributed by atoms with E-state index in [9.17, 15) is 4.79 Å². The van der Waals surface area contributed by atoms with E-state index in [4.69, 9.17) is 5.11 Å². The van der Waals surface area contributed by atoms with E-state index in [1.807, 2.05) is 24.4 Å². The van der Waals surface area contributed by atoms with Gasteiger partial charge in [0.25, 0.3) is 0 Å². The molecule has 7 nitrogen and oxygen atoms in total. The number of amides is 1. The molecule has 8 heteroatoms. The van der Waals surface area contributed by atoms with E-state index in [1.54, 1.807) is 0 Å². The molecular formula is C13H19N5O2S.